The maximum absolute atomic E-state index is 12.2. The van der Waals surface area contributed by atoms with Crippen molar-refractivity contribution in [2.45, 2.75) is 57.5 Å². The molecule has 20 heavy (non-hydrogen) atoms. The van der Waals surface area contributed by atoms with Gasteiger partial charge in [-0.05, 0) is 63.3 Å². The number of aliphatic hydroxyl groups excluding tert-OH is 1. The molecule has 2 bridgehead atoms. The molecule has 1 heterocycles. The molecule has 1 aliphatic heterocycles. The van der Waals surface area contributed by atoms with Gasteiger partial charge in [-0.2, -0.15) is 0 Å². The number of likely N-dealkylation sites (tertiary alicyclic amines) is 1. The molecule has 4 unspecified atom stereocenters. The number of amides is 1. The zero-order chi connectivity index (χ0) is 14.1. The number of nitrogens with one attached hydrogen (secondary N) is 1. The molecule has 5 atom stereocenters. The second kappa shape index (κ2) is 6.02. The van der Waals surface area contributed by atoms with Crippen LogP contribution in [0.25, 0.3) is 0 Å². The van der Waals surface area contributed by atoms with Gasteiger partial charge in [-0.25, -0.2) is 0 Å². The van der Waals surface area contributed by atoms with E-state index < -0.39 is 0 Å². The van der Waals surface area contributed by atoms with E-state index >= 15 is 0 Å². The Morgan fingerprint density at radius 3 is 2.85 bits per heavy atom. The highest BCUT2D eigenvalue weighted by Gasteiger charge is 2.42. The van der Waals surface area contributed by atoms with Gasteiger partial charge < -0.3 is 10.4 Å². The van der Waals surface area contributed by atoms with Gasteiger partial charge in [0, 0.05) is 12.1 Å². The van der Waals surface area contributed by atoms with Crippen molar-refractivity contribution in [3.63, 3.8) is 0 Å². The summed E-state index contributed by atoms with van der Waals surface area (Å²) in [6.07, 6.45) is 7.60. The molecule has 0 aromatic heterocycles. The second-order valence-corrected chi connectivity index (χ2v) is 7.14. The van der Waals surface area contributed by atoms with Gasteiger partial charge >= 0.3 is 0 Å². The first kappa shape index (κ1) is 14.3. The summed E-state index contributed by atoms with van der Waals surface area (Å²) < 4.78 is 0. The van der Waals surface area contributed by atoms with E-state index in [9.17, 15) is 9.90 Å². The van der Waals surface area contributed by atoms with E-state index in [0.29, 0.717) is 18.5 Å². The lowest BCUT2D eigenvalue weighted by Crippen LogP contribution is -2.46. The fraction of sp³-hybridized carbons (Fsp3) is 0.938. The highest BCUT2D eigenvalue weighted by atomic mass is 16.3. The molecule has 0 radical (unpaired) electrons. The van der Waals surface area contributed by atoms with E-state index in [-0.39, 0.29) is 18.6 Å². The van der Waals surface area contributed by atoms with Gasteiger partial charge in [0.15, 0.2) is 0 Å². The number of hydrogen-bond donors (Lipinski definition) is 2. The Kier molecular flexibility index (Phi) is 4.32. The maximum Gasteiger partial charge on any atom is 0.234 e. The van der Waals surface area contributed by atoms with E-state index in [4.69, 9.17) is 0 Å². The molecule has 4 nitrogen and oxygen atoms in total. The van der Waals surface area contributed by atoms with Crippen molar-refractivity contribution >= 4 is 5.91 Å². The predicted octanol–water partition coefficient (Wildman–Crippen LogP) is 1.38. The fourth-order valence-electron chi connectivity index (χ4n) is 4.81. The van der Waals surface area contributed by atoms with Crippen molar-refractivity contribution in [2.24, 2.45) is 17.8 Å². The Morgan fingerprint density at radius 1 is 1.35 bits per heavy atom. The van der Waals surface area contributed by atoms with E-state index in [1.807, 2.05) is 0 Å². The summed E-state index contributed by atoms with van der Waals surface area (Å²) in [5, 5.41) is 12.5. The minimum Gasteiger partial charge on any atom is -0.395 e. The molecule has 0 aromatic carbocycles. The van der Waals surface area contributed by atoms with Gasteiger partial charge in [0.2, 0.25) is 5.91 Å². The van der Waals surface area contributed by atoms with Crippen LogP contribution in [0.1, 0.15) is 45.4 Å². The van der Waals surface area contributed by atoms with Crippen LogP contribution >= 0.6 is 0 Å². The van der Waals surface area contributed by atoms with Crippen LogP contribution in [0.2, 0.25) is 0 Å². The molecule has 3 aliphatic rings. The van der Waals surface area contributed by atoms with Crippen LogP contribution in [-0.2, 0) is 4.79 Å². The third-order valence-electron chi connectivity index (χ3n) is 5.88. The topological polar surface area (TPSA) is 52.6 Å². The smallest absolute Gasteiger partial charge is 0.234 e. The monoisotopic (exact) mass is 280 g/mol. The van der Waals surface area contributed by atoms with Gasteiger partial charge in [-0.15, -0.1) is 0 Å². The van der Waals surface area contributed by atoms with Crippen LogP contribution < -0.4 is 5.32 Å². The largest absolute Gasteiger partial charge is 0.395 e. The maximum atomic E-state index is 12.2. The summed E-state index contributed by atoms with van der Waals surface area (Å²) in [6, 6.07) is 0.506. The summed E-state index contributed by atoms with van der Waals surface area (Å²) >= 11 is 0. The SMILES string of the molecule is CC(NC(=O)CN1CCC[C@@H]1CO)C1CC2CCC1C2. The minimum absolute atomic E-state index is 0.139. The van der Waals surface area contributed by atoms with Crippen molar-refractivity contribution < 1.29 is 9.90 Å². The first-order valence-corrected chi connectivity index (χ1v) is 8.31. The summed E-state index contributed by atoms with van der Waals surface area (Å²) in [5.41, 5.74) is 0. The minimum atomic E-state index is 0.139. The Labute approximate surface area is 121 Å². The first-order valence-electron chi connectivity index (χ1n) is 8.31. The lowest BCUT2D eigenvalue weighted by Gasteiger charge is -2.29. The Bertz CT molecular complexity index is 360. The van der Waals surface area contributed by atoms with Gasteiger partial charge in [0.25, 0.3) is 0 Å². The average Bonchev–Trinajstić information content (AvgIpc) is 3.13. The second-order valence-electron chi connectivity index (χ2n) is 7.14. The molecular weight excluding hydrogens is 252 g/mol. The standard InChI is InChI=1S/C16H28N2O2/c1-11(15-8-12-4-5-13(15)7-12)17-16(20)9-18-6-2-3-14(18)10-19/h11-15,19H,2-10H2,1H3,(H,17,20)/t11?,12?,13?,14-,15?/m1/s1. The van der Waals surface area contributed by atoms with Crippen molar-refractivity contribution in [3.8, 4) is 0 Å². The summed E-state index contributed by atoms with van der Waals surface area (Å²) in [6.45, 7) is 3.75. The zero-order valence-corrected chi connectivity index (χ0v) is 12.6. The number of fused-ring (bicyclic) bond motifs is 2. The first-order chi connectivity index (χ1) is 9.67. The molecule has 3 fully saturated rings. The molecule has 2 aliphatic carbocycles. The number of rotatable bonds is 5. The number of carbonyl (C=O) groups is 1. The molecule has 2 N–H and O–H groups in total. The zero-order valence-electron chi connectivity index (χ0n) is 12.6. The van der Waals surface area contributed by atoms with E-state index in [1.54, 1.807) is 0 Å². The third-order valence-corrected chi connectivity index (χ3v) is 5.88. The molecule has 4 heteroatoms. The summed E-state index contributed by atoms with van der Waals surface area (Å²) in [7, 11) is 0. The Balaban J connectivity index is 1.46. The van der Waals surface area contributed by atoms with E-state index in [0.717, 1.165) is 31.2 Å². The molecule has 1 amide bonds. The lowest BCUT2D eigenvalue weighted by atomic mass is 9.84. The van der Waals surface area contributed by atoms with Crippen LogP contribution in [0, 0.1) is 17.8 Å². The van der Waals surface area contributed by atoms with Crippen molar-refractivity contribution in [3.05, 3.63) is 0 Å². The van der Waals surface area contributed by atoms with Gasteiger partial charge in [-0.1, -0.05) is 6.42 Å². The molecule has 3 rings (SSSR count). The van der Waals surface area contributed by atoms with Crippen LogP contribution in [0.5, 0.6) is 0 Å². The van der Waals surface area contributed by atoms with Crippen molar-refractivity contribution in [1.29, 1.82) is 0 Å². The average molecular weight is 280 g/mol. The number of aliphatic hydroxyl groups is 1. The summed E-state index contributed by atoms with van der Waals surface area (Å²) in [5.74, 6) is 2.62. The molecule has 0 spiro atoms. The molecular formula is C16H28N2O2. The van der Waals surface area contributed by atoms with Gasteiger partial charge in [0.05, 0.1) is 13.2 Å². The highest BCUT2D eigenvalue weighted by molar-refractivity contribution is 5.78. The molecule has 0 aromatic rings. The quantitative estimate of drug-likeness (QED) is 0.800. The third kappa shape index (κ3) is 2.86. The van der Waals surface area contributed by atoms with Crippen LogP contribution in [0.15, 0.2) is 0 Å². The number of nitrogens with zero attached hydrogens (tertiary/aromatic N) is 1. The Hall–Kier alpha value is -0.610. The van der Waals surface area contributed by atoms with Crippen molar-refractivity contribution in [2.75, 3.05) is 19.7 Å². The van der Waals surface area contributed by atoms with E-state index in [2.05, 4.69) is 17.1 Å². The number of hydrogen-bond acceptors (Lipinski definition) is 3. The number of carbonyl (C=O) groups excluding carboxylic acids is 1. The Morgan fingerprint density at radius 2 is 2.20 bits per heavy atom. The normalized spacial score (nSPS) is 38.3. The highest BCUT2D eigenvalue weighted by Crippen LogP contribution is 2.49. The molecule has 2 saturated carbocycles. The molecule has 114 valence electrons. The fourth-order valence-corrected chi connectivity index (χ4v) is 4.81. The predicted molar refractivity (Wildman–Crippen MR) is 78.2 cm³/mol. The van der Waals surface area contributed by atoms with Gasteiger partial charge in [-0.3, -0.25) is 9.69 Å². The van der Waals surface area contributed by atoms with Crippen LogP contribution in [0.4, 0.5) is 0 Å². The molecule has 1 saturated heterocycles. The van der Waals surface area contributed by atoms with Crippen LogP contribution in [-0.4, -0.2) is 47.7 Å². The lowest BCUT2D eigenvalue weighted by molar-refractivity contribution is -0.123. The van der Waals surface area contributed by atoms with Gasteiger partial charge in [0.1, 0.15) is 0 Å². The summed E-state index contributed by atoms with van der Waals surface area (Å²) in [4.78, 5) is 14.3. The van der Waals surface area contributed by atoms with E-state index in [1.165, 1.54) is 25.7 Å². The van der Waals surface area contributed by atoms with Crippen molar-refractivity contribution in [1.82, 2.24) is 10.2 Å². The van der Waals surface area contributed by atoms with Crippen LogP contribution in [0.3, 0.4) is 0 Å².